The summed E-state index contributed by atoms with van der Waals surface area (Å²) in [6.45, 7) is 3.81. The van der Waals surface area contributed by atoms with Gasteiger partial charge in [0.1, 0.15) is 11.4 Å². The van der Waals surface area contributed by atoms with Crippen molar-refractivity contribution in [1.82, 2.24) is 0 Å². The fourth-order valence-corrected chi connectivity index (χ4v) is 4.67. The summed E-state index contributed by atoms with van der Waals surface area (Å²) in [6.07, 6.45) is 15.8. The molecular formula is C23H41NaO7S. The Morgan fingerprint density at radius 3 is 1.66 bits per heavy atom. The Kier molecular flexibility index (Phi) is 22.3. The van der Waals surface area contributed by atoms with Crippen molar-refractivity contribution in [2.45, 2.75) is 122 Å². The van der Waals surface area contributed by atoms with Crippen molar-refractivity contribution in [1.29, 1.82) is 0 Å². The Morgan fingerprint density at radius 2 is 1.28 bits per heavy atom. The van der Waals surface area contributed by atoms with Crippen molar-refractivity contribution < 1.29 is 62.0 Å². The fourth-order valence-electron chi connectivity index (χ4n) is 3.67. The van der Waals surface area contributed by atoms with Gasteiger partial charge in [-0.15, -0.1) is 0 Å². The third-order valence-corrected chi connectivity index (χ3v) is 6.82. The zero-order valence-corrected chi connectivity index (χ0v) is 23.0. The number of aliphatic carboxylic acids is 1. The maximum absolute atomic E-state index is 11.8. The number of hydrogen-bond donors (Lipinski definition) is 1. The van der Waals surface area contributed by atoms with Crippen molar-refractivity contribution in [3.8, 4) is 0 Å². The van der Waals surface area contributed by atoms with Gasteiger partial charge in [0.2, 0.25) is 0 Å². The molecular weight excluding hydrogens is 443 g/mol. The molecule has 0 aromatic rings. The number of carboxylic acid groups (broad SMARTS) is 1. The largest absolute Gasteiger partial charge is 1.00 e. The number of carbonyl (C=O) groups excluding carboxylic acids is 2. The standard InChI is InChI=1S/C23H42O7S.Na/c1-3-5-6-7-8-9-10-11-12-13-14-15-16-17-20(21(4-2)31(27,28)29)30-23(26)19-18-22(24)25;/h18-21H,3-17H2,1-2H3,(H,24,25)(H,27,28,29);/q;+1/p-1/b19-18-;. The number of esters is 1. The van der Waals surface area contributed by atoms with E-state index in [4.69, 9.17) is 4.74 Å². The Balaban J connectivity index is 0. The molecule has 1 N–H and O–H groups in total. The van der Waals surface area contributed by atoms with Crippen LogP contribution in [-0.2, 0) is 24.4 Å². The molecule has 0 aliphatic rings. The molecule has 0 fully saturated rings. The molecule has 0 spiro atoms. The van der Waals surface area contributed by atoms with Gasteiger partial charge >= 0.3 is 35.5 Å². The summed E-state index contributed by atoms with van der Waals surface area (Å²) in [4.78, 5) is 22.2. The molecule has 0 aromatic carbocycles. The minimum atomic E-state index is -4.39. The van der Waals surface area contributed by atoms with Crippen LogP contribution in [0.15, 0.2) is 12.2 Å². The minimum absolute atomic E-state index is 0. The topological polar surface area (TPSA) is 121 Å². The molecule has 9 heteroatoms. The van der Waals surface area contributed by atoms with E-state index in [0.717, 1.165) is 19.3 Å². The molecule has 2 unspecified atom stereocenters. The summed E-state index contributed by atoms with van der Waals surface area (Å²) >= 11 is 0. The Hall–Kier alpha value is -0.410. The maximum Gasteiger partial charge on any atom is 1.00 e. The fraction of sp³-hybridized carbons (Fsp3) is 0.826. The van der Waals surface area contributed by atoms with Crippen LogP contribution in [-0.4, -0.2) is 36.3 Å². The van der Waals surface area contributed by atoms with Crippen LogP contribution < -0.4 is 34.7 Å². The van der Waals surface area contributed by atoms with Gasteiger partial charge in [-0.1, -0.05) is 90.9 Å². The Morgan fingerprint density at radius 1 is 0.844 bits per heavy atom. The predicted octanol–water partition coefficient (Wildman–Crippen LogP) is 1.36. The van der Waals surface area contributed by atoms with Gasteiger partial charge in [-0.3, -0.25) is 4.55 Å². The predicted molar refractivity (Wildman–Crippen MR) is 120 cm³/mol. The van der Waals surface area contributed by atoms with E-state index >= 15 is 0 Å². The van der Waals surface area contributed by atoms with E-state index in [2.05, 4.69) is 6.92 Å². The van der Waals surface area contributed by atoms with Crippen molar-refractivity contribution in [2.75, 3.05) is 0 Å². The number of rotatable bonds is 20. The monoisotopic (exact) mass is 484 g/mol. The number of hydrogen-bond acceptors (Lipinski definition) is 6. The van der Waals surface area contributed by atoms with Gasteiger partial charge in [-0.2, -0.15) is 8.42 Å². The van der Waals surface area contributed by atoms with Gasteiger partial charge < -0.3 is 14.6 Å². The third kappa shape index (κ3) is 19.1. The van der Waals surface area contributed by atoms with E-state index in [1.807, 2.05) is 0 Å². The molecule has 0 saturated heterocycles. The first-order valence-corrected chi connectivity index (χ1v) is 13.3. The zero-order chi connectivity index (χ0) is 23.5. The molecule has 0 heterocycles. The first-order chi connectivity index (χ1) is 14.7. The molecule has 0 aliphatic heterocycles. The summed E-state index contributed by atoms with van der Waals surface area (Å²) in [6, 6.07) is 0. The van der Waals surface area contributed by atoms with E-state index in [1.54, 1.807) is 6.92 Å². The van der Waals surface area contributed by atoms with Gasteiger partial charge in [0.15, 0.2) is 0 Å². The number of carbonyl (C=O) groups is 2. The van der Waals surface area contributed by atoms with E-state index in [-0.39, 0.29) is 36.0 Å². The SMILES string of the molecule is CCCCCCCCCCCCCCCC(OC(=O)/C=C\C(=O)[O-])C(CC)S(=O)(=O)O.[Na+]. The van der Waals surface area contributed by atoms with Crippen molar-refractivity contribution >= 4 is 22.1 Å². The molecule has 2 atom stereocenters. The summed E-state index contributed by atoms with van der Waals surface area (Å²) < 4.78 is 37.8. The van der Waals surface area contributed by atoms with E-state index in [9.17, 15) is 27.7 Å². The van der Waals surface area contributed by atoms with E-state index in [1.165, 1.54) is 57.8 Å². The molecule has 0 rings (SSSR count). The quantitative estimate of drug-likeness (QED) is 0.0910. The average molecular weight is 485 g/mol. The van der Waals surface area contributed by atoms with Crippen LogP contribution >= 0.6 is 0 Å². The van der Waals surface area contributed by atoms with Crippen LogP contribution in [0.2, 0.25) is 0 Å². The molecule has 0 aliphatic carbocycles. The third-order valence-electron chi connectivity index (χ3n) is 5.41. The van der Waals surface area contributed by atoms with Gasteiger partial charge in [-0.05, 0) is 25.3 Å². The van der Waals surface area contributed by atoms with Gasteiger partial charge in [-0.25, -0.2) is 4.79 Å². The molecule has 0 bridgehead atoms. The molecule has 0 radical (unpaired) electrons. The molecule has 182 valence electrons. The van der Waals surface area contributed by atoms with Gasteiger partial charge in [0.05, 0.1) is 5.97 Å². The number of ether oxygens (including phenoxy) is 1. The second kappa shape index (κ2) is 21.1. The van der Waals surface area contributed by atoms with E-state index in [0.29, 0.717) is 25.0 Å². The van der Waals surface area contributed by atoms with Crippen LogP contribution in [0, 0.1) is 0 Å². The first kappa shape index (κ1) is 33.8. The second-order valence-electron chi connectivity index (χ2n) is 8.12. The van der Waals surface area contributed by atoms with Crippen LogP contribution in [0.5, 0.6) is 0 Å². The van der Waals surface area contributed by atoms with Crippen LogP contribution in [0.3, 0.4) is 0 Å². The summed E-state index contributed by atoms with van der Waals surface area (Å²) in [7, 11) is -4.39. The minimum Gasteiger partial charge on any atom is -0.545 e. The molecule has 0 saturated carbocycles. The number of unbranched alkanes of at least 4 members (excludes halogenated alkanes) is 12. The Labute approximate surface area is 216 Å². The Bertz CT molecular complexity index is 620. The smallest absolute Gasteiger partial charge is 0.545 e. The molecule has 0 amide bonds. The number of carboxylic acids is 1. The van der Waals surface area contributed by atoms with Crippen molar-refractivity contribution in [2.24, 2.45) is 0 Å². The van der Waals surface area contributed by atoms with Crippen LogP contribution in [0.25, 0.3) is 0 Å². The summed E-state index contributed by atoms with van der Waals surface area (Å²) in [5.74, 6) is -2.52. The zero-order valence-electron chi connectivity index (χ0n) is 20.2. The molecule has 7 nitrogen and oxygen atoms in total. The van der Waals surface area contributed by atoms with Crippen LogP contribution in [0.1, 0.15) is 110 Å². The van der Waals surface area contributed by atoms with Crippen LogP contribution in [0.4, 0.5) is 0 Å². The van der Waals surface area contributed by atoms with E-state index < -0.39 is 33.4 Å². The summed E-state index contributed by atoms with van der Waals surface area (Å²) in [5, 5.41) is 9.17. The van der Waals surface area contributed by atoms with Crippen molar-refractivity contribution in [3.05, 3.63) is 12.2 Å². The van der Waals surface area contributed by atoms with Gasteiger partial charge in [0.25, 0.3) is 10.1 Å². The normalized spacial score (nSPS) is 13.5. The summed E-state index contributed by atoms with van der Waals surface area (Å²) in [5.41, 5.74) is 0. The first-order valence-electron chi connectivity index (χ1n) is 11.8. The second-order valence-corrected chi connectivity index (χ2v) is 9.76. The van der Waals surface area contributed by atoms with Crippen molar-refractivity contribution in [3.63, 3.8) is 0 Å². The van der Waals surface area contributed by atoms with Gasteiger partial charge in [0, 0.05) is 6.08 Å². The average Bonchev–Trinajstić information content (AvgIpc) is 2.69. The molecule has 32 heavy (non-hydrogen) atoms. The molecule has 0 aromatic heterocycles. The maximum atomic E-state index is 11.8.